The first-order valence-electron chi connectivity index (χ1n) is 8.83. The molecule has 0 N–H and O–H groups in total. The largest absolute Gasteiger partial charge is 0.462 e. The smallest absolute Gasteiger partial charge is 0.338 e. The maximum Gasteiger partial charge on any atom is 0.338 e. The van der Waals surface area contributed by atoms with E-state index in [1.165, 1.54) is 0 Å². The summed E-state index contributed by atoms with van der Waals surface area (Å²) in [5.74, 6) is -0.102. The lowest BCUT2D eigenvalue weighted by Gasteiger charge is -2.20. The van der Waals surface area contributed by atoms with Gasteiger partial charge in [0.15, 0.2) is 9.84 Å². The molecule has 0 amide bonds. The van der Waals surface area contributed by atoms with Crippen LogP contribution in [0.1, 0.15) is 38.2 Å². The minimum Gasteiger partial charge on any atom is -0.462 e. The molecule has 0 spiro atoms. The molecule has 2 aliphatic rings. The zero-order valence-electron chi connectivity index (χ0n) is 14.4. The molecular formula is C19H24O5S. The van der Waals surface area contributed by atoms with Crippen molar-refractivity contribution in [2.45, 2.75) is 42.8 Å². The van der Waals surface area contributed by atoms with E-state index in [-0.39, 0.29) is 17.1 Å². The Kier molecular flexibility index (Phi) is 5.59. The molecule has 3 rings (SSSR count). The Morgan fingerprint density at radius 3 is 2.36 bits per heavy atom. The Bertz CT molecular complexity index is 739. The van der Waals surface area contributed by atoms with Crippen LogP contribution in [0.4, 0.5) is 0 Å². The van der Waals surface area contributed by atoms with Gasteiger partial charge in [-0.05, 0) is 56.2 Å². The number of carbonyl (C=O) groups excluding carboxylic acids is 1. The minimum atomic E-state index is -3.22. The number of ether oxygens (including phenoxy) is 2. The molecule has 1 saturated heterocycles. The van der Waals surface area contributed by atoms with E-state index in [9.17, 15) is 13.2 Å². The van der Waals surface area contributed by atoms with Gasteiger partial charge in [0.2, 0.25) is 0 Å². The molecule has 2 fully saturated rings. The number of hydrogen-bond donors (Lipinski definition) is 0. The van der Waals surface area contributed by atoms with Crippen molar-refractivity contribution >= 4 is 21.4 Å². The number of rotatable bonds is 6. The molecule has 1 aromatic rings. The molecule has 5 nitrogen and oxygen atoms in total. The van der Waals surface area contributed by atoms with Gasteiger partial charge in [0, 0.05) is 13.2 Å². The van der Waals surface area contributed by atoms with Gasteiger partial charge in [-0.15, -0.1) is 0 Å². The van der Waals surface area contributed by atoms with Gasteiger partial charge in [-0.3, -0.25) is 0 Å². The quantitative estimate of drug-likeness (QED) is 0.573. The van der Waals surface area contributed by atoms with E-state index < -0.39 is 9.84 Å². The van der Waals surface area contributed by atoms with Crippen molar-refractivity contribution < 1.29 is 22.7 Å². The Balaban J connectivity index is 1.87. The molecule has 6 heteroatoms. The first-order chi connectivity index (χ1) is 12.0. The molecule has 1 saturated carbocycles. The zero-order chi connectivity index (χ0) is 17.9. The van der Waals surface area contributed by atoms with Gasteiger partial charge in [0.1, 0.15) is 0 Å². The Labute approximate surface area is 148 Å². The minimum absolute atomic E-state index is 0.236. The predicted molar refractivity (Wildman–Crippen MR) is 94.8 cm³/mol. The summed E-state index contributed by atoms with van der Waals surface area (Å²) in [4.78, 5) is 12.7. The first-order valence-corrected chi connectivity index (χ1v) is 10.4. The third-order valence-corrected chi connectivity index (χ3v) is 6.90. The molecule has 1 aliphatic carbocycles. The van der Waals surface area contributed by atoms with Gasteiger partial charge in [0.05, 0.1) is 22.3 Å². The van der Waals surface area contributed by atoms with Crippen LogP contribution in [0.2, 0.25) is 0 Å². The van der Waals surface area contributed by atoms with Crippen LogP contribution in [0.15, 0.2) is 35.2 Å². The summed E-state index contributed by atoms with van der Waals surface area (Å²) in [6, 6.07) is 6.61. The molecule has 1 aromatic carbocycles. The standard InChI is InChI=1S/C19H24O5S/c1-2-24-19(20)18(13-14-9-11-23-12-10-14)15-3-5-16(6-4-15)25(21,22)17-7-8-17/h3-6,13-14,17H,2,7-12H2,1H3. The number of hydrogen-bond acceptors (Lipinski definition) is 5. The monoisotopic (exact) mass is 364 g/mol. The molecular weight excluding hydrogens is 340 g/mol. The number of sulfone groups is 1. The second-order valence-electron chi connectivity index (χ2n) is 6.52. The summed E-state index contributed by atoms with van der Waals surface area (Å²) in [6.45, 7) is 3.46. The third-order valence-electron chi connectivity index (χ3n) is 4.62. The Morgan fingerprint density at radius 1 is 1.16 bits per heavy atom. The average molecular weight is 364 g/mol. The second-order valence-corrected chi connectivity index (χ2v) is 8.75. The van der Waals surface area contributed by atoms with Gasteiger partial charge in [-0.1, -0.05) is 18.2 Å². The summed E-state index contributed by atoms with van der Waals surface area (Å²) < 4.78 is 35.2. The van der Waals surface area contributed by atoms with Gasteiger partial charge >= 0.3 is 5.97 Å². The van der Waals surface area contributed by atoms with Gasteiger partial charge in [-0.2, -0.15) is 0 Å². The molecule has 1 aliphatic heterocycles. The molecule has 25 heavy (non-hydrogen) atoms. The van der Waals surface area contributed by atoms with E-state index in [0.29, 0.717) is 35.9 Å². The SMILES string of the molecule is CCOC(=O)C(=CC1CCOCC1)c1ccc(S(=O)(=O)C2CC2)cc1. The van der Waals surface area contributed by atoms with E-state index in [1.807, 2.05) is 6.08 Å². The third kappa shape index (κ3) is 4.30. The van der Waals surface area contributed by atoms with Crippen molar-refractivity contribution in [3.8, 4) is 0 Å². The number of benzene rings is 1. The van der Waals surface area contributed by atoms with Crippen molar-refractivity contribution in [2.75, 3.05) is 19.8 Å². The highest BCUT2D eigenvalue weighted by molar-refractivity contribution is 7.92. The summed E-state index contributed by atoms with van der Waals surface area (Å²) in [5, 5.41) is -0.236. The van der Waals surface area contributed by atoms with Gasteiger partial charge in [0.25, 0.3) is 0 Å². The zero-order valence-corrected chi connectivity index (χ0v) is 15.3. The predicted octanol–water partition coefficient (Wildman–Crippen LogP) is 3.00. The lowest BCUT2D eigenvalue weighted by molar-refractivity contribution is -0.136. The summed E-state index contributed by atoms with van der Waals surface area (Å²) in [6.07, 6.45) is 5.17. The lowest BCUT2D eigenvalue weighted by Crippen LogP contribution is -2.16. The van der Waals surface area contributed by atoms with Crippen LogP contribution >= 0.6 is 0 Å². The highest BCUT2D eigenvalue weighted by Crippen LogP contribution is 2.34. The summed E-state index contributed by atoms with van der Waals surface area (Å²) in [7, 11) is -3.22. The molecule has 0 aromatic heterocycles. The number of carbonyl (C=O) groups is 1. The van der Waals surface area contributed by atoms with Crippen molar-refractivity contribution in [3.05, 3.63) is 35.9 Å². The van der Waals surface area contributed by atoms with Crippen molar-refractivity contribution in [2.24, 2.45) is 5.92 Å². The van der Waals surface area contributed by atoms with E-state index >= 15 is 0 Å². The maximum atomic E-state index is 12.4. The fourth-order valence-corrected chi connectivity index (χ4v) is 4.66. The van der Waals surface area contributed by atoms with Crippen molar-refractivity contribution in [1.82, 2.24) is 0 Å². The normalized spacial score (nSPS) is 19.6. The molecule has 0 unspecified atom stereocenters. The van der Waals surface area contributed by atoms with Crippen molar-refractivity contribution in [3.63, 3.8) is 0 Å². The van der Waals surface area contributed by atoms with E-state index in [1.54, 1.807) is 31.2 Å². The van der Waals surface area contributed by atoms with Gasteiger partial charge in [-0.25, -0.2) is 13.2 Å². The van der Waals surface area contributed by atoms with Crippen LogP contribution in [0.25, 0.3) is 5.57 Å². The molecule has 1 heterocycles. The van der Waals surface area contributed by atoms with Crippen LogP contribution in [-0.4, -0.2) is 39.5 Å². The number of allylic oxidation sites excluding steroid dienone is 1. The lowest BCUT2D eigenvalue weighted by atomic mass is 9.94. The first kappa shape index (κ1) is 18.1. The molecule has 0 radical (unpaired) electrons. The summed E-state index contributed by atoms with van der Waals surface area (Å²) in [5.41, 5.74) is 1.20. The number of esters is 1. The van der Waals surface area contributed by atoms with E-state index in [0.717, 1.165) is 25.7 Å². The van der Waals surface area contributed by atoms with Crippen molar-refractivity contribution in [1.29, 1.82) is 0 Å². The highest BCUT2D eigenvalue weighted by Gasteiger charge is 2.36. The molecule has 0 atom stereocenters. The van der Waals surface area contributed by atoms with Crippen LogP contribution in [0.5, 0.6) is 0 Å². The van der Waals surface area contributed by atoms with Crippen LogP contribution in [0, 0.1) is 5.92 Å². The Hall–Kier alpha value is -1.66. The fourth-order valence-electron chi connectivity index (χ4n) is 3.00. The molecule has 136 valence electrons. The molecule has 0 bridgehead atoms. The fraction of sp³-hybridized carbons (Fsp3) is 0.526. The second kappa shape index (κ2) is 7.70. The Morgan fingerprint density at radius 2 is 1.80 bits per heavy atom. The van der Waals surface area contributed by atoms with E-state index in [2.05, 4.69) is 0 Å². The van der Waals surface area contributed by atoms with Crippen LogP contribution in [0.3, 0.4) is 0 Å². The average Bonchev–Trinajstić information content (AvgIpc) is 3.46. The van der Waals surface area contributed by atoms with Gasteiger partial charge < -0.3 is 9.47 Å². The summed E-state index contributed by atoms with van der Waals surface area (Å²) >= 11 is 0. The maximum absolute atomic E-state index is 12.4. The van der Waals surface area contributed by atoms with Crippen LogP contribution < -0.4 is 0 Å². The topological polar surface area (TPSA) is 69.7 Å². The van der Waals surface area contributed by atoms with Crippen LogP contribution in [-0.2, 0) is 24.1 Å². The van der Waals surface area contributed by atoms with E-state index in [4.69, 9.17) is 9.47 Å². The highest BCUT2D eigenvalue weighted by atomic mass is 32.2.